The summed E-state index contributed by atoms with van der Waals surface area (Å²) in [6.07, 6.45) is 2.84. The maximum Gasteiger partial charge on any atom is 0.0987 e. The van der Waals surface area contributed by atoms with Crippen LogP contribution in [0.2, 0.25) is 0 Å². The molecule has 0 heterocycles. The highest BCUT2D eigenvalue weighted by Gasteiger charge is 2.23. The SMILES string of the molecule is CC1=CC(C)(O)C=C(C)C1O. The highest BCUT2D eigenvalue weighted by molar-refractivity contribution is 5.33. The largest absolute Gasteiger partial charge is 0.384 e. The molecule has 11 heavy (non-hydrogen) atoms. The first-order valence-corrected chi connectivity index (χ1v) is 3.71. The van der Waals surface area contributed by atoms with E-state index in [1.54, 1.807) is 19.1 Å². The normalized spacial score (nSPS) is 38.1. The van der Waals surface area contributed by atoms with Crippen molar-refractivity contribution in [3.05, 3.63) is 23.3 Å². The van der Waals surface area contributed by atoms with Gasteiger partial charge in [-0.05, 0) is 44.1 Å². The fourth-order valence-electron chi connectivity index (χ4n) is 1.48. The molecule has 0 saturated carbocycles. The van der Waals surface area contributed by atoms with E-state index in [-0.39, 0.29) is 0 Å². The summed E-state index contributed by atoms with van der Waals surface area (Å²) < 4.78 is 0. The number of aliphatic hydroxyl groups is 2. The van der Waals surface area contributed by atoms with Crippen LogP contribution in [-0.2, 0) is 0 Å². The molecule has 0 aromatic carbocycles. The van der Waals surface area contributed by atoms with Gasteiger partial charge in [-0.25, -0.2) is 0 Å². The lowest BCUT2D eigenvalue weighted by Gasteiger charge is -2.26. The number of rotatable bonds is 0. The van der Waals surface area contributed by atoms with Gasteiger partial charge in [-0.15, -0.1) is 0 Å². The summed E-state index contributed by atoms with van der Waals surface area (Å²) in [4.78, 5) is 0. The van der Waals surface area contributed by atoms with Gasteiger partial charge in [0, 0.05) is 0 Å². The monoisotopic (exact) mass is 154 g/mol. The predicted molar refractivity (Wildman–Crippen MR) is 44.1 cm³/mol. The van der Waals surface area contributed by atoms with E-state index in [1.165, 1.54) is 0 Å². The molecule has 62 valence electrons. The van der Waals surface area contributed by atoms with Crippen LogP contribution in [0.15, 0.2) is 23.3 Å². The third-order valence-electron chi connectivity index (χ3n) is 1.90. The van der Waals surface area contributed by atoms with Gasteiger partial charge in [-0.1, -0.05) is 0 Å². The molecule has 0 fully saturated rings. The highest BCUT2D eigenvalue weighted by atomic mass is 16.3. The second-order valence-electron chi connectivity index (χ2n) is 3.41. The Bertz CT molecular complexity index is 202. The van der Waals surface area contributed by atoms with E-state index in [4.69, 9.17) is 0 Å². The van der Waals surface area contributed by atoms with Gasteiger partial charge in [0.25, 0.3) is 0 Å². The van der Waals surface area contributed by atoms with Gasteiger partial charge in [0.15, 0.2) is 0 Å². The molecule has 0 aromatic heterocycles. The molecule has 0 radical (unpaired) electrons. The minimum absolute atomic E-state index is 0.504. The maximum absolute atomic E-state index is 9.57. The summed E-state index contributed by atoms with van der Waals surface area (Å²) in [5.41, 5.74) is 0.748. The highest BCUT2D eigenvalue weighted by Crippen LogP contribution is 2.24. The molecule has 2 nitrogen and oxygen atoms in total. The zero-order valence-corrected chi connectivity index (χ0v) is 7.13. The fraction of sp³-hybridized carbons (Fsp3) is 0.556. The topological polar surface area (TPSA) is 40.5 Å². The van der Waals surface area contributed by atoms with Crippen molar-refractivity contribution >= 4 is 0 Å². The lowest BCUT2D eigenvalue weighted by atomic mass is 9.89. The van der Waals surface area contributed by atoms with E-state index in [0.29, 0.717) is 0 Å². The summed E-state index contributed by atoms with van der Waals surface area (Å²) in [6.45, 7) is 5.33. The summed E-state index contributed by atoms with van der Waals surface area (Å²) in [7, 11) is 0. The molecule has 0 atom stereocenters. The first kappa shape index (κ1) is 8.50. The summed E-state index contributed by atoms with van der Waals surface area (Å²) in [6, 6.07) is 0. The van der Waals surface area contributed by atoms with Crippen molar-refractivity contribution in [3.63, 3.8) is 0 Å². The molecule has 0 bridgehead atoms. The Kier molecular flexibility index (Phi) is 1.90. The quantitative estimate of drug-likeness (QED) is 0.511. The molecule has 0 aliphatic heterocycles. The zero-order chi connectivity index (χ0) is 8.65. The Morgan fingerprint density at radius 3 is 2.00 bits per heavy atom. The minimum atomic E-state index is -0.882. The Hall–Kier alpha value is -0.600. The van der Waals surface area contributed by atoms with E-state index in [9.17, 15) is 10.2 Å². The smallest absolute Gasteiger partial charge is 0.0987 e. The lowest BCUT2D eigenvalue weighted by Crippen LogP contribution is -2.27. The first-order chi connectivity index (χ1) is 4.92. The van der Waals surface area contributed by atoms with Crippen LogP contribution in [0.5, 0.6) is 0 Å². The van der Waals surface area contributed by atoms with Crippen molar-refractivity contribution < 1.29 is 10.2 Å². The minimum Gasteiger partial charge on any atom is -0.384 e. The number of hydrogen-bond donors (Lipinski definition) is 2. The molecule has 0 unspecified atom stereocenters. The summed E-state index contributed by atoms with van der Waals surface area (Å²) in [5.74, 6) is 0. The average molecular weight is 154 g/mol. The molecule has 1 aliphatic rings. The molecule has 2 heteroatoms. The third kappa shape index (κ3) is 1.70. The van der Waals surface area contributed by atoms with Crippen LogP contribution < -0.4 is 0 Å². The standard InChI is InChI=1S/C9H14O2/c1-6-4-9(3,11)5-7(2)8(6)10/h4-5,8,10-11H,1-3H3. The van der Waals surface area contributed by atoms with Gasteiger partial charge in [-0.2, -0.15) is 0 Å². The molecule has 0 amide bonds. The fourth-order valence-corrected chi connectivity index (χ4v) is 1.48. The second-order valence-corrected chi connectivity index (χ2v) is 3.41. The molecule has 0 spiro atoms. The van der Waals surface area contributed by atoms with E-state index in [1.807, 2.05) is 13.8 Å². The summed E-state index contributed by atoms with van der Waals surface area (Å²) >= 11 is 0. The summed E-state index contributed by atoms with van der Waals surface area (Å²) in [5, 5.41) is 19.0. The van der Waals surface area contributed by atoms with Crippen molar-refractivity contribution in [2.75, 3.05) is 0 Å². The third-order valence-corrected chi connectivity index (χ3v) is 1.90. The molecule has 0 aromatic rings. The molecule has 0 saturated heterocycles. The Balaban J connectivity index is 2.98. The van der Waals surface area contributed by atoms with E-state index in [2.05, 4.69) is 0 Å². The molecular formula is C9H14O2. The van der Waals surface area contributed by atoms with Crippen LogP contribution in [-0.4, -0.2) is 21.9 Å². The van der Waals surface area contributed by atoms with Crippen molar-refractivity contribution in [3.8, 4) is 0 Å². The van der Waals surface area contributed by atoms with Gasteiger partial charge in [0.1, 0.15) is 0 Å². The van der Waals surface area contributed by atoms with Gasteiger partial charge >= 0.3 is 0 Å². The van der Waals surface area contributed by atoms with Gasteiger partial charge in [0.05, 0.1) is 11.7 Å². The zero-order valence-electron chi connectivity index (χ0n) is 7.13. The van der Waals surface area contributed by atoms with Crippen molar-refractivity contribution in [1.82, 2.24) is 0 Å². The van der Waals surface area contributed by atoms with Crippen LogP contribution in [0, 0.1) is 0 Å². The van der Waals surface area contributed by atoms with Gasteiger partial charge < -0.3 is 10.2 Å². The van der Waals surface area contributed by atoms with Crippen LogP contribution in [0.4, 0.5) is 0 Å². The van der Waals surface area contributed by atoms with Crippen LogP contribution in [0.25, 0.3) is 0 Å². The molecule has 1 rings (SSSR count). The van der Waals surface area contributed by atoms with Gasteiger partial charge in [0.2, 0.25) is 0 Å². The van der Waals surface area contributed by atoms with Crippen LogP contribution in [0.1, 0.15) is 20.8 Å². The van der Waals surface area contributed by atoms with Gasteiger partial charge in [-0.3, -0.25) is 0 Å². The average Bonchev–Trinajstić information content (AvgIpc) is 1.81. The lowest BCUT2D eigenvalue weighted by molar-refractivity contribution is 0.147. The van der Waals surface area contributed by atoms with Crippen molar-refractivity contribution in [2.24, 2.45) is 0 Å². The van der Waals surface area contributed by atoms with Crippen LogP contribution >= 0.6 is 0 Å². The molecule has 1 aliphatic carbocycles. The second kappa shape index (κ2) is 2.47. The van der Waals surface area contributed by atoms with E-state index >= 15 is 0 Å². The number of hydrogen-bond acceptors (Lipinski definition) is 2. The first-order valence-electron chi connectivity index (χ1n) is 3.71. The van der Waals surface area contributed by atoms with Crippen molar-refractivity contribution in [1.29, 1.82) is 0 Å². The Labute approximate surface area is 66.9 Å². The predicted octanol–water partition coefficient (Wildman–Crippen LogP) is 1.00. The molecular weight excluding hydrogens is 140 g/mol. The number of aliphatic hydroxyl groups excluding tert-OH is 1. The molecule has 2 N–H and O–H groups in total. The van der Waals surface area contributed by atoms with Crippen molar-refractivity contribution in [2.45, 2.75) is 32.5 Å². The Morgan fingerprint density at radius 2 is 1.64 bits per heavy atom. The Morgan fingerprint density at radius 1 is 1.27 bits per heavy atom. The maximum atomic E-state index is 9.57. The van der Waals surface area contributed by atoms with E-state index in [0.717, 1.165) is 11.1 Å². The van der Waals surface area contributed by atoms with E-state index < -0.39 is 11.7 Å². The van der Waals surface area contributed by atoms with Crippen LogP contribution in [0.3, 0.4) is 0 Å².